The Morgan fingerprint density at radius 1 is 0.329 bits per heavy atom. The molecule has 1 aliphatic rings. The molecule has 1 heterocycles. The molecule has 1 saturated heterocycles. The van der Waals surface area contributed by atoms with Gasteiger partial charge < -0.3 is 40.2 Å². The van der Waals surface area contributed by atoms with Gasteiger partial charge in [0.15, 0.2) is 0 Å². The van der Waals surface area contributed by atoms with Crippen LogP contribution in [0.3, 0.4) is 0 Å². The monoisotopic (exact) mass is 1050 g/mol. The predicted octanol–water partition coefficient (Wildman–Crippen LogP) is 3.86. The second-order valence-corrected chi connectivity index (χ2v) is 18.7. The largest absolute Gasteiger partial charge is 0.465 e. The Labute approximate surface area is 444 Å². The average Bonchev–Trinajstić information content (AvgIpc) is 3.42. The average molecular weight is 1050 g/mol. The van der Waals surface area contributed by atoms with Crippen LogP contribution >= 0.6 is 0 Å². The molecule has 1 fully saturated rings. The number of nitrogens with one attached hydrogen (secondary N) is 4. The summed E-state index contributed by atoms with van der Waals surface area (Å²) in [6.07, 6.45) is 0. The van der Waals surface area contributed by atoms with Crippen molar-refractivity contribution in [3.63, 3.8) is 0 Å². The zero-order valence-electron chi connectivity index (χ0n) is 44.7. The Morgan fingerprint density at radius 3 is 0.632 bits per heavy atom. The number of carbonyl (C=O) groups is 8. The molecule has 4 N–H and O–H groups in total. The first-order valence-electron chi connectivity index (χ1n) is 25.2. The number of rotatable bonds is 20. The maximum absolute atomic E-state index is 13.8. The van der Waals surface area contributed by atoms with Crippen LogP contribution in [0.25, 0.3) is 0 Å². The molecule has 4 atom stereocenters. The minimum absolute atomic E-state index is 0.00222. The van der Waals surface area contributed by atoms with E-state index in [-0.39, 0.29) is 49.8 Å². The highest BCUT2D eigenvalue weighted by molar-refractivity contribution is 5.91. The van der Waals surface area contributed by atoms with Gasteiger partial charge in [0, 0.05) is 52.4 Å². The molecular formula is C56H72N8O12. The first-order valence-corrected chi connectivity index (χ1v) is 25.2. The minimum Gasteiger partial charge on any atom is -0.465 e. The summed E-state index contributed by atoms with van der Waals surface area (Å²) in [4.78, 5) is 112. The lowest BCUT2D eigenvalue weighted by Crippen LogP contribution is -2.51. The van der Waals surface area contributed by atoms with Crippen LogP contribution < -0.4 is 21.3 Å². The van der Waals surface area contributed by atoms with Crippen molar-refractivity contribution in [3.8, 4) is 0 Å². The number of nitrogens with zero attached hydrogens (tertiary/aromatic N) is 4. The number of ether oxygens (including phenoxy) is 4. The van der Waals surface area contributed by atoms with E-state index in [0.717, 1.165) is 22.3 Å². The highest BCUT2D eigenvalue weighted by Crippen LogP contribution is 2.18. The summed E-state index contributed by atoms with van der Waals surface area (Å²) >= 11 is 0. The van der Waals surface area contributed by atoms with Gasteiger partial charge in [-0.05, 0) is 98.5 Å². The number of benzene rings is 4. The Morgan fingerprint density at radius 2 is 0.487 bits per heavy atom. The fourth-order valence-corrected chi connectivity index (χ4v) is 8.61. The Kier molecular flexibility index (Phi) is 23.1. The molecular weight excluding hydrogens is 977 g/mol. The van der Waals surface area contributed by atoms with Crippen LogP contribution in [0.2, 0.25) is 0 Å². The van der Waals surface area contributed by atoms with Gasteiger partial charge in [0.25, 0.3) is 0 Å². The van der Waals surface area contributed by atoms with E-state index in [4.69, 9.17) is 18.9 Å². The lowest BCUT2D eigenvalue weighted by atomic mass is 10.1. The molecule has 408 valence electrons. The third kappa shape index (κ3) is 18.4. The Balaban J connectivity index is 1.36. The summed E-state index contributed by atoms with van der Waals surface area (Å²) in [7, 11) is 5.24. The minimum atomic E-state index is -0.468. The summed E-state index contributed by atoms with van der Waals surface area (Å²) in [5.41, 5.74) is 4.68. The highest BCUT2D eigenvalue weighted by Gasteiger charge is 2.25. The van der Waals surface area contributed by atoms with Crippen LogP contribution in [0.5, 0.6) is 0 Å². The molecule has 0 bridgehead atoms. The number of carbonyl (C=O) groups excluding carboxylic acids is 8. The van der Waals surface area contributed by atoms with E-state index in [1.165, 1.54) is 28.4 Å². The summed E-state index contributed by atoms with van der Waals surface area (Å²) < 4.78 is 19.3. The van der Waals surface area contributed by atoms with E-state index < -0.39 is 48.0 Å². The number of amides is 4. The molecule has 4 aromatic carbocycles. The van der Waals surface area contributed by atoms with Crippen molar-refractivity contribution in [2.75, 3.05) is 107 Å². The van der Waals surface area contributed by atoms with Crippen molar-refractivity contribution < 1.29 is 57.3 Å². The van der Waals surface area contributed by atoms with Crippen molar-refractivity contribution in [2.45, 2.75) is 51.9 Å². The van der Waals surface area contributed by atoms with Gasteiger partial charge in [0.2, 0.25) is 23.6 Å². The summed E-state index contributed by atoms with van der Waals surface area (Å²) in [6, 6.07) is 25.6. The number of esters is 4. The third-order valence-electron chi connectivity index (χ3n) is 13.2. The first kappa shape index (κ1) is 59.4. The molecule has 4 aromatic rings. The highest BCUT2D eigenvalue weighted by atomic mass is 16.5. The fraction of sp³-hybridized carbons (Fsp3) is 0.429. The van der Waals surface area contributed by atoms with Gasteiger partial charge in [-0.15, -0.1) is 0 Å². The van der Waals surface area contributed by atoms with Gasteiger partial charge >= 0.3 is 23.9 Å². The van der Waals surface area contributed by atoms with Crippen molar-refractivity contribution in [1.29, 1.82) is 0 Å². The second-order valence-electron chi connectivity index (χ2n) is 18.7. The van der Waals surface area contributed by atoms with E-state index >= 15 is 0 Å². The zero-order chi connectivity index (χ0) is 55.3. The predicted molar refractivity (Wildman–Crippen MR) is 283 cm³/mol. The van der Waals surface area contributed by atoms with E-state index in [0.29, 0.717) is 74.6 Å². The number of hydrogen-bond donors (Lipinski definition) is 4. The molecule has 4 amide bonds. The van der Waals surface area contributed by atoms with Crippen LogP contribution in [-0.2, 0) is 38.1 Å². The van der Waals surface area contributed by atoms with Gasteiger partial charge in [-0.3, -0.25) is 38.8 Å². The van der Waals surface area contributed by atoms with E-state index in [1.54, 1.807) is 97.1 Å². The van der Waals surface area contributed by atoms with Crippen LogP contribution in [0.4, 0.5) is 0 Å². The molecule has 0 aromatic heterocycles. The molecule has 0 aliphatic carbocycles. The Hall–Kier alpha value is -7.52. The lowest BCUT2D eigenvalue weighted by molar-refractivity contribution is -0.125. The van der Waals surface area contributed by atoms with Crippen LogP contribution in [0, 0.1) is 0 Å². The fourth-order valence-electron chi connectivity index (χ4n) is 8.61. The molecule has 0 saturated carbocycles. The number of hydrogen-bond acceptors (Lipinski definition) is 16. The van der Waals surface area contributed by atoms with Crippen molar-refractivity contribution in [1.82, 2.24) is 40.9 Å². The van der Waals surface area contributed by atoms with Gasteiger partial charge in [0.1, 0.15) is 0 Å². The van der Waals surface area contributed by atoms with Crippen LogP contribution in [-0.4, -0.2) is 174 Å². The third-order valence-corrected chi connectivity index (χ3v) is 13.2. The molecule has 1 aliphatic heterocycles. The van der Waals surface area contributed by atoms with Gasteiger partial charge in [0.05, 0.1) is 101 Å². The normalized spacial score (nSPS) is 15.7. The molecule has 20 heteroatoms. The quantitative estimate of drug-likeness (QED) is 0.0727. The standard InChI is InChI=1S/C56H72N8O12/c1-37(41-9-17-45(18-10-41)53(69)73-5)57-49(65)33-61-25-27-62(34-50(66)58-38(2)42-11-19-46(20-12-42)54(70)74-6)29-31-64(36-52(68)60-40(4)44-15-23-48(24-16-44)56(72)76-8)32-30-63(28-26-61)35-51(67)59-39(3)43-13-21-47(22-14-43)55(71)75-7/h9-24,37-40H,25-36H2,1-8H3,(H,57,65)(H,58,66)(H,59,67)(H,60,68). The van der Waals surface area contributed by atoms with E-state index in [9.17, 15) is 38.4 Å². The van der Waals surface area contributed by atoms with Crippen molar-refractivity contribution in [3.05, 3.63) is 142 Å². The SMILES string of the molecule is COC(=O)c1ccc(C(C)NC(=O)CN2CCN(CC(=O)NC(C)c3ccc(C(=O)OC)cc3)CCN(CC(=O)NC(C)c3ccc(C(=O)OC)cc3)CCN(CC(=O)NC(C)c3ccc(C(=O)OC)cc3)CC2)cc1. The maximum Gasteiger partial charge on any atom is 0.337 e. The number of methoxy groups -OCH3 is 4. The van der Waals surface area contributed by atoms with Gasteiger partial charge in [-0.1, -0.05) is 48.5 Å². The lowest BCUT2D eigenvalue weighted by Gasteiger charge is -2.34. The summed E-state index contributed by atoms with van der Waals surface area (Å²) in [5.74, 6) is -2.89. The van der Waals surface area contributed by atoms with E-state index in [1.807, 2.05) is 47.3 Å². The summed E-state index contributed by atoms with van der Waals surface area (Å²) in [6.45, 7) is 10.3. The van der Waals surface area contributed by atoms with Crippen LogP contribution in [0.15, 0.2) is 97.1 Å². The Bertz CT molecular complexity index is 2220. The first-order chi connectivity index (χ1) is 36.4. The zero-order valence-corrected chi connectivity index (χ0v) is 44.7. The molecule has 20 nitrogen and oxygen atoms in total. The van der Waals surface area contributed by atoms with Crippen molar-refractivity contribution in [2.24, 2.45) is 0 Å². The molecule has 0 spiro atoms. The summed E-state index contributed by atoms with van der Waals surface area (Å²) in [5, 5.41) is 12.3. The van der Waals surface area contributed by atoms with E-state index in [2.05, 4.69) is 21.3 Å². The topological polar surface area (TPSA) is 235 Å². The molecule has 76 heavy (non-hydrogen) atoms. The smallest absolute Gasteiger partial charge is 0.337 e. The van der Waals surface area contributed by atoms with Crippen LogP contribution in [0.1, 0.15) is 116 Å². The molecule has 5 rings (SSSR count). The van der Waals surface area contributed by atoms with Gasteiger partial charge in [-0.2, -0.15) is 0 Å². The van der Waals surface area contributed by atoms with Gasteiger partial charge in [-0.25, -0.2) is 19.2 Å². The second kappa shape index (κ2) is 29.5. The maximum atomic E-state index is 13.8. The molecule has 4 unspecified atom stereocenters. The van der Waals surface area contributed by atoms with Crippen molar-refractivity contribution >= 4 is 47.5 Å². The molecule has 0 radical (unpaired) electrons.